The van der Waals surface area contributed by atoms with E-state index >= 15 is 0 Å². The van der Waals surface area contributed by atoms with Crippen LogP contribution in [0.25, 0.3) is 0 Å². The lowest BCUT2D eigenvalue weighted by molar-refractivity contribution is -0.146. The third-order valence-corrected chi connectivity index (χ3v) is 3.29. The minimum atomic E-state index is -1.52. The summed E-state index contributed by atoms with van der Waals surface area (Å²) < 4.78 is 4.93. The Kier molecular flexibility index (Phi) is 4.13. The van der Waals surface area contributed by atoms with Gasteiger partial charge in [-0.1, -0.05) is 29.8 Å². The number of para-hydroxylation sites is 1. The second-order valence-corrected chi connectivity index (χ2v) is 4.73. The van der Waals surface area contributed by atoms with Crippen LogP contribution in [0.1, 0.15) is 0 Å². The molecule has 2 rings (SSSR count). The average molecular weight is 310 g/mol. The van der Waals surface area contributed by atoms with Crippen molar-refractivity contribution in [3.8, 4) is 0 Å². The molecule has 5 N–H and O–H groups in total. The largest absolute Gasteiger partial charge is 0.450 e. The highest BCUT2D eigenvalue weighted by Crippen LogP contribution is 2.31. The van der Waals surface area contributed by atoms with E-state index in [1.165, 1.54) is 0 Å². The molecule has 0 saturated carbocycles. The number of cyclic esters (lactones) is 1. The van der Waals surface area contributed by atoms with E-state index in [-0.39, 0.29) is 10.7 Å². The van der Waals surface area contributed by atoms with Crippen molar-refractivity contribution in [1.82, 2.24) is 0 Å². The van der Waals surface area contributed by atoms with Gasteiger partial charge in [-0.05, 0) is 12.1 Å². The van der Waals surface area contributed by atoms with Crippen molar-refractivity contribution in [2.45, 2.75) is 6.10 Å². The van der Waals surface area contributed by atoms with Crippen LogP contribution in [0.3, 0.4) is 0 Å². The molecule has 2 amide bonds. The minimum absolute atomic E-state index is 0.0552. The summed E-state index contributed by atoms with van der Waals surface area (Å²) in [4.78, 5) is 34.4. The molecule has 8 heteroatoms. The molecule has 0 saturated heterocycles. The molecule has 0 aromatic heterocycles. The van der Waals surface area contributed by atoms with Gasteiger partial charge in [0.15, 0.2) is 12.0 Å². The summed E-state index contributed by atoms with van der Waals surface area (Å²) in [6, 6.07) is 8.72. The second kappa shape index (κ2) is 5.84. The Labute approximate surface area is 124 Å². The maximum atomic E-state index is 11.8. The molecule has 1 aliphatic heterocycles. The number of amides is 2. The van der Waals surface area contributed by atoms with Crippen LogP contribution in [0.4, 0.5) is 5.69 Å². The number of primary amides is 2. The summed E-state index contributed by atoms with van der Waals surface area (Å²) in [5.41, 5.74) is 10.7. The number of carbonyl (C=O) groups excluding carboxylic acids is 3. The number of rotatable bonds is 5. The fourth-order valence-corrected chi connectivity index (χ4v) is 2.19. The number of ether oxygens (including phenoxy) is 1. The van der Waals surface area contributed by atoms with Gasteiger partial charge in [0.1, 0.15) is 5.70 Å². The highest BCUT2D eigenvalue weighted by atomic mass is 35.5. The molecule has 7 nitrogen and oxygen atoms in total. The lowest BCUT2D eigenvalue weighted by atomic mass is 10.0. The van der Waals surface area contributed by atoms with Crippen LogP contribution in [0.2, 0.25) is 0 Å². The molecule has 0 radical (unpaired) electrons. The first kappa shape index (κ1) is 14.9. The smallest absolute Gasteiger partial charge is 0.356 e. The predicted octanol–water partition coefficient (Wildman–Crippen LogP) is 0.0611. The fraction of sp³-hybridized carbons (Fsp3) is 0.154. The summed E-state index contributed by atoms with van der Waals surface area (Å²) in [5, 5.41) is 2.65. The van der Waals surface area contributed by atoms with E-state index in [2.05, 4.69) is 5.32 Å². The molecular weight excluding hydrogens is 298 g/mol. The third kappa shape index (κ3) is 2.97. The van der Waals surface area contributed by atoms with E-state index in [4.69, 9.17) is 27.8 Å². The number of halogens is 1. The standard InChI is InChI=1S/C13H12ClN3O4/c14-8-9(17-6-4-2-1-3-5-6)13(20)21-10(8)7(11(15)18)12(16)19/h1-5,7,10,17H,(H2,15,18)(H2,16,19)/t10-/m0/s1. The summed E-state index contributed by atoms with van der Waals surface area (Å²) in [5.74, 6) is -4.34. The first-order chi connectivity index (χ1) is 9.91. The number of benzene rings is 1. The van der Waals surface area contributed by atoms with Crippen LogP contribution in [0.5, 0.6) is 0 Å². The Morgan fingerprint density at radius 1 is 1.19 bits per heavy atom. The highest BCUT2D eigenvalue weighted by molar-refractivity contribution is 6.34. The monoisotopic (exact) mass is 309 g/mol. The van der Waals surface area contributed by atoms with Gasteiger partial charge in [0.05, 0.1) is 5.03 Å². The van der Waals surface area contributed by atoms with Crippen LogP contribution >= 0.6 is 11.6 Å². The minimum Gasteiger partial charge on any atom is -0.450 e. The molecule has 1 atom stereocenters. The van der Waals surface area contributed by atoms with Crippen molar-refractivity contribution in [2.75, 3.05) is 5.32 Å². The molecule has 0 fully saturated rings. The van der Waals surface area contributed by atoms with E-state index in [1.807, 2.05) is 0 Å². The van der Waals surface area contributed by atoms with Crippen molar-refractivity contribution < 1.29 is 19.1 Å². The first-order valence-corrected chi connectivity index (χ1v) is 6.31. The molecule has 0 unspecified atom stereocenters. The second-order valence-electron chi connectivity index (χ2n) is 4.32. The van der Waals surface area contributed by atoms with E-state index in [1.54, 1.807) is 30.3 Å². The SMILES string of the molecule is NC(=O)C(C(N)=O)[C@@H]1OC(=O)C(Nc2ccccc2)=C1Cl. The predicted molar refractivity (Wildman–Crippen MR) is 74.7 cm³/mol. The lowest BCUT2D eigenvalue weighted by Crippen LogP contribution is -2.43. The highest BCUT2D eigenvalue weighted by Gasteiger charge is 2.44. The van der Waals surface area contributed by atoms with Crippen LogP contribution in [-0.4, -0.2) is 23.9 Å². The zero-order valence-corrected chi connectivity index (χ0v) is 11.5. The van der Waals surface area contributed by atoms with Gasteiger partial charge in [-0.2, -0.15) is 0 Å². The Hall–Kier alpha value is -2.54. The van der Waals surface area contributed by atoms with E-state index in [0.717, 1.165) is 0 Å². The Morgan fingerprint density at radius 2 is 1.76 bits per heavy atom. The van der Waals surface area contributed by atoms with Crippen LogP contribution in [0, 0.1) is 5.92 Å². The molecule has 1 heterocycles. The first-order valence-electron chi connectivity index (χ1n) is 5.93. The quantitative estimate of drug-likeness (QED) is 0.524. The molecular formula is C13H12ClN3O4. The van der Waals surface area contributed by atoms with E-state index in [9.17, 15) is 14.4 Å². The van der Waals surface area contributed by atoms with Crippen molar-refractivity contribution in [3.05, 3.63) is 41.1 Å². The summed E-state index contributed by atoms with van der Waals surface area (Å²) in [6.07, 6.45) is -1.31. The van der Waals surface area contributed by atoms with Crippen molar-refractivity contribution in [3.63, 3.8) is 0 Å². The van der Waals surface area contributed by atoms with Gasteiger partial charge in [-0.25, -0.2) is 4.79 Å². The van der Waals surface area contributed by atoms with E-state index < -0.39 is 29.8 Å². The number of hydrogen-bond acceptors (Lipinski definition) is 5. The van der Waals surface area contributed by atoms with Crippen molar-refractivity contribution in [2.24, 2.45) is 17.4 Å². The lowest BCUT2D eigenvalue weighted by Gasteiger charge is -2.16. The van der Waals surface area contributed by atoms with Gasteiger partial charge < -0.3 is 21.5 Å². The maximum Gasteiger partial charge on any atom is 0.356 e. The zero-order chi connectivity index (χ0) is 15.6. The van der Waals surface area contributed by atoms with Crippen LogP contribution in [0.15, 0.2) is 41.1 Å². The van der Waals surface area contributed by atoms with E-state index in [0.29, 0.717) is 5.69 Å². The molecule has 1 aliphatic rings. The van der Waals surface area contributed by atoms with Gasteiger partial charge in [0.2, 0.25) is 11.8 Å². The average Bonchev–Trinajstić information content (AvgIpc) is 2.67. The number of carbonyl (C=O) groups is 3. The number of hydrogen-bond donors (Lipinski definition) is 3. The third-order valence-electron chi connectivity index (χ3n) is 2.89. The Morgan fingerprint density at radius 3 is 2.29 bits per heavy atom. The zero-order valence-electron chi connectivity index (χ0n) is 10.7. The van der Waals surface area contributed by atoms with Gasteiger partial charge in [0.25, 0.3) is 0 Å². The fourth-order valence-electron chi connectivity index (χ4n) is 1.90. The molecule has 110 valence electrons. The van der Waals surface area contributed by atoms with Gasteiger partial charge in [0, 0.05) is 5.69 Å². The van der Waals surface area contributed by atoms with Crippen LogP contribution in [-0.2, 0) is 19.1 Å². The number of esters is 1. The molecule has 21 heavy (non-hydrogen) atoms. The Bertz CT molecular complexity index is 616. The van der Waals surface area contributed by atoms with Gasteiger partial charge in [-0.3, -0.25) is 9.59 Å². The van der Waals surface area contributed by atoms with Crippen LogP contribution < -0.4 is 16.8 Å². The van der Waals surface area contributed by atoms with Crippen molar-refractivity contribution in [1.29, 1.82) is 0 Å². The number of anilines is 1. The maximum absolute atomic E-state index is 11.8. The molecule has 1 aromatic carbocycles. The molecule has 0 spiro atoms. The van der Waals surface area contributed by atoms with Gasteiger partial charge >= 0.3 is 5.97 Å². The Balaban J connectivity index is 2.31. The number of nitrogens with one attached hydrogen (secondary N) is 1. The van der Waals surface area contributed by atoms with Gasteiger partial charge in [-0.15, -0.1) is 0 Å². The number of nitrogens with two attached hydrogens (primary N) is 2. The van der Waals surface area contributed by atoms with Crippen molar-refractivity contribution >= 4 is 35.1 Å². The summed E-state index contributed by atoms with van der Waals surface area (Å²) in [6.45, 7) is 0. The topological polar surface area (TPSA) is 125 Å². The molecule has 1 aromatic rings. The summed E-state index contributed by atoms with van der Waals surface area (Å²) >= 11 is 6.03. The molecule has 0 aliphatic carbocycles. The normalized spacial score (nSPS) is 17.8. The summed E-state index contributed by atoms with van der Waals surface area (Å²) in [7, 11) is 0. The molecule has 0 bridgehead atoms.